The van der Waals surface area contributed by atoms with Gasteiger partial charge in [0.05, 0.1) is 19.2 Å². The summed E-state index contributed by atoms with van der Waals surface area (Å²) < 4.78 is 6.60. The zero-order valence-electron chi connectivity index (χ0n) is 12.2. The number of aromatic nitrogens is 1. The minimum absolute atomic E-state index is 0.00207. The van der Waals surface area contributed by atoms with Gasteiger partial charge in [0.25, 0.3) is 0 Å². The number of rotatable bonds is 4. The lowest BCUT2D eigenvalue weighted by molar-refractivity contribution is 0.0602. The molecule has 4 heteroatoms. The van der Waals surface area contributed by atoms with Gasteiger partial charge in [-0.2, -0.15) is 0 Å². The average molecular weight is 293 g/mol. The normalized spacial score (nSPS) is 10.6. The molecule has 0 aliphatic rings. The summed E-state index contributed by atoms with van der Waals surface area (Å²) in [5, 5.41) is 0.787. The molecule has 0 amide bonds. The lowest BCUT2D eigenvalue weighted by atomic mass is 10.1. The third kappa shape index (κ3) is 2.51. The van der Waals surface area contributed by atoms with Crippen molar-refractivity contribution in [1.82, 2.24) is 4.57 Å². The molecule has 0 N–H and O–H groups in total. The van der Waals surface area contributed by atoms with E-state index in [1.807, 2.05) is 42.5 Å². The van der Waals surface area contributed by atoms with Crippen molar-refractivity contribution in [2.75, 3.05) is 7.11 Å². The van der Waals surface area contributed by atoms with Crippen LogP contribution in [-0.4, -0.2) is 23.4 Å². The number of benzene rings is 2. The van der Waals surface area contributed by atoms with Crippen molar-refractivity contribution >= 4 is 22.7 Å². The fraction of sp³-hybridized carbons (Fsp3) is 0.111. The van der Waals surface area contributed by atoms with Crippen LogP contribution in [0.1, 0.15) is 20.7 Å². The van der Waals surface area contributed by atoms with Gasteiger partial charge in [-0.15, -0.1) is 0 Å². The smallest absolute Gasteiger partial charge is 0.340 e. The maximum Gasteiger partial charge on any atom is 0.340 e. The van der Waals surface area contributed by atoms with Crippen LogP contribution in [0.15, 0.2) is 60.8 Å². The predicted molar refractivity (Wildman–Crippen MR) is 84.1 cm³/mol. The molecular weight excluding hydrogens is 278 g/mol. The van der Waals surface area contributed by atoms with E-state index in [9.17, 15) is 9.59 Å². The fourth-order valence-corrected chi connectivity index (χ4v) is 2.52. The lowest BCUT2D eigenvalue weighted by Crippen LogP contribution is -2.09. The minimum Gasteiger partial charge on any atom is -0.465 e. The van der Waals surface area contributed by atoms with Gasteiger partial charge in [0, 0.05) is 22.7 Å². The Kier molecular flexibility index (Phi) is 3.74. The van der Waals surface area contributed by atoms with Gasteiger partial charge >= 0.3 is 5.97 Å². The number of methoxy groups -OCH3 is 1. The van der Waals surface area contributed by atoms with Gasteiger partial charge in [-0.1, -0.05) is 48.5 Å². The molecule has 0 radical (unpaired) electrons. The average Bonchev–Trinajstić information content (AvgIpc) is 2.94. The van der Waals surface area contributed by atoms with Crippen molar-refractivity contribution in [2.45, 2.75) is 6.54 Å². The van der Waals surface area contributed by atoms with Crippen molar-refractivity contribution in [1.29, 1.82) is 0 Å². The number of carbonyl (C=O) groups excluding carboxylic acids is 2. The molecule has 0 saturated heterocycles. The van der Waals surface area contributed by atoms with E-state index in [0.717, 1.165) is 10.9 Å². The number of ether oxygens (including phenoxy) is 1. The van der Waals surface area contributed by atoms with Crippen LogP contribution in [-0.2, 0) is 11.3 Å². The summed E-state index contributed by atoms with van der Waals surface area (Å²) in [5.74, 6) is -0.403. The molecule has 110 valence electrons. The number of ketones is 1. The third-order valence-electron chi connectivity index (χ3n) is 3.60. The summed E-state index contributed by atoms with van der Waals surface area (Å²) in [4.78, 5) is 24.2. The monoisotopic (exact) mass is 293 g/mol. The number of nitrogens with zero attached hydrogens (tertiary/aromatic N) is 1. The highest BCUT2D eigenvalue weighted by atomic mass is 16.5. The zero-order valence-corrected chi connectivity index (χ0v) is 12.2. The van der Waals surface area contributed by atoms with Crippen molar-refractivity contribution in [3.05, 3.63) is 71.9 Å². The number of fused-ring (bicyclic) bond motifs is 1. The van der Waals surface area contributed by atoms with Gasteiger partial charge in [0.2, 0.25) is 0 Å². The van der Waals surface area contributed by atoms with Crippen LogP contribution in [0.2, 0.25) is 0 Å². The summed E-state index contributed by atoms with van der Waals surface area (Å²) >= 11 is 0. The van der Waals surface area contributed by atoms with Gasteiger partial charge in [-0.25, -0.2) is 4.79 Å². The molecular formula is C18H15NO3. The van der Waals surface area contributed by atoms with E-state index >= 15 is 0 Å². The Bertz CT molecular complexity index is 834. The molecule has 22 heavy (non-hydrogen) atoms. The summed E-state index contributed by atoms with van der Waals surface area (Å²) in [7, 11) is 1.35. The van der Waals surface area contributed by atoms with Crippen LogP contribution in [0.3, 0.4) is 0 Å². The largest absolute Gasteiger partial charge is 0.465 e. The molecule has 0 saturated carbocycles. The quantitative estimate of drug-likeness (QED) is 0.547. The molecule has 1 aromatic heterocycles. The van der Waals surface area contributed by atoms with E-state index < -0.39 is 5.97 Å². The molecule has 4 nitrogen and oxygen atoms in total. The Morgan fingerprint density at radius 3 is 2.41 bits per heavy atom. The summed E-state index contributed by atoms with van der Waals surface area (Å²) in [6, 6.07) is 16.6. The van der Waals surface area contributed by atoms with Gasteiger partial charge in [0.15, 0.2) is 5.78 Å². The molecule has 3 rings (SSSR count). The number of Topliss-reactive ketones (excluding diaryl/α,β-unsaturated/α-hetero) is 1. The Balaban J connectivity index is 2.01. The number of hydrogen-bond acceptors (Lipinski definition) is 3. The highest BCUT2D eigenvalue weighted by molar-refractivity contribution is 6.05. The highest BCUT2D eigenvalue weighted by Crippen LogP contribution is 2.22. The first-order valence-corrected chi connectivity index (χ1v) is 6.95. The first-order valence-electron chi connectivity index (χ1n) is 6.95. The number of esters is 1. The number of para-hydroxylation sites is 1. The Labute approximate surface area is 127 Å². The maximum absolute atomic E-state index is 12.4. The first-order chi connectivity index (χ1) is 10.7. The molecule has 3 aromatic rings. The van der Waals surface area contributed by atoms with Crippen molar-refractivity contribution < 1.29 is 14.3 Å². The summed E-state index contributed by atoms with van der Waals surface area (Å²) in [6.45, 7) is 0.182. The topological polar surface area (TPSA) is 48.3 Å². The van der Waals surface area contributed by atoms with Crippen LogP contribution in [0.4, 0.5) is 0 Å². The molecule has 0 aliphatic carbocycles. The Morgan fingerprint density at radius 1 is 1.00 bits per heavy atom. The van der Waals surface area contributed by atoms with Crippen LogP contribution >= 0.6 is 0 Å². The predicted octanol–water partition coefficient (Wildman–Crippen LogP) is 3.31. The lowest BCUT2D eigenvalue weighted by Gasteiger charge is -2.04. The van der Waals surface area contributed by atoms with E-state index in [2.05, 4.69) is 0 Å². The molecule has 0 spiro atoms. The standard InChI is InChI=1S/C18H15NO3/c1-22-18(21)15-11-19(16-10-6-5-9-14(15)16)12-17(20)13-7-3-2-4-8-13/h2-11H,12H2,1H3. The van der Waals surface area contributed by atoms with Crippen LogP contribution in [0, 0.1) is 0 Å². The minimum atomic E-state index is -0.401. The Hall–Kier alpha value is -2.88. The summed E-state index contributed by atoms with van der Waals surface area (Å²) in [6.07, 6.45) is 1.68. The van der Waals surface area contributed by atoms with Gasteiger partial charge in [0.1, 0.15) is 0 Å². The molecule has 0 atom stereocenters. The van der Waals surface area contributed by atoms with Gasteiger partial charge < -0.3 is 9.30 Å². The van der Waals surface area contributed by atoms with Crippen LogP contribution in [0.5, 0.6) is 0 Å². The molecule has 2 aromatic carbocycles. The summed E-state index contributed by atoms with van der Waals surface area (Å²) in [5.41, 5.74) is 1.96. The molecule has 0 bridgehead atoms. The molecule has 0 unspecified atom stereocenters. The van der Waals surface area contributed by atoms with E-state index in [-0.39, 0.29) is 12.3 Å². The van der Waals surface area contributed by atoms with E-state index in [1.165, 1.54) is 7.11 Å². The van der Waals surface area contributed by atoms with Crippen molar-refractivity contribution in [3.8, 4) is 0 Å². The van der Waals surface area contributed by atoms with E-state index in [1.54, 1.807) is 22.9 Å². The van der Waals surface area contributed by atoms with Crippen molar-refractivity contribution in [3.63, 3.8) is 0 Å². The van der Waals surface area contributed by atoms with E-state index in [0.29, 0.717) is 11.1 Å². The molecule has 0 aliphatic heterocycles. The fourth-order valence-electron chi connectivity index (χ4n) is 2.52. The molecule has 1 heterocycles. The maximum atomic E-state index is 12.4. The SMILES string of the molecule is COC(=O)c1cn(CC(=O)c2ccccc2)c2ccccc12. The second-order valence-corrected chi connectivity index (χ2v) is 4.97. The third-order valence-corrected chi connectivity index (χ3v) is 3.60. The number of hydrogen-bond donors (Lipinski definition) is 0. The van der Waals surface area contributed by atoms with Crippen molar-refractivity contribution in [2.24, 2.45) is 0 Å². The number of carbonyl (C=O) groups is 2. The van der Waals surface area contributed by atoms with Gasteiger partial charge in [-0.05, 0) is 6.07 Å². The second kappa shape index (κ2) is 5.85. The zero-order chi connectivity index (χ0) is 15.5. The van der Waals surface area contributed by atoms with Gasteiger partial charge in [-0.3, -0.25) is 4.79 Å². The van der Waals surface area contributed by atoms with Crippen LogP contribution in [0.25, 0.3) is 10.9 Å². The molecule has 0 fully saturated rings. The van der Waals surface area contributed by atoms with Crippen LogP contribution < -0.4 is 0 Å². The second-order valence-electron chi connectivity index (χ2n) is 4.97. The highest BCUT2D eigenvalue weighted by Gasteiger charge is 2.16. The first kappa shape index (κ1) is 14.1. The van der Waals surface area contributed by atoms with E-state index in [4.69, 9.17) is 4.74 Å². The Morgan fingerprint density at radius 2 is 1.68 bits per heavy atom.